The van der Waals surface area contributed by atoms with Crippen LogP contribution in [0.4, 0.5) is 14.5 Å². The lowest BCUT2D eigenvalue weighted by Crippen LogP contribution is -2.43. The summed E-state index contributed by atoms with van der Waals surface area (Å²) in [7, 11) is -4.04. The number of rotatable bonds is 9. The second kappa shape index (κ2) is 11.7. The predicted octanol–water partition coefficient (Wildman–Crippen LogP) is 3.64. The molecule has 3 aromatic rings. The topological polar surface area (TPSA) is 105 Å². The highest BCUT2D eigenvalue weighted by atomic mass is 32.2. The van der Waals surface area contributed by atoms with E-state index < -0.39 is 34.1 Å². The van der Waals surface area contributed by atoms with Gasteiger partial charge in [0, 0.05) is 50.7 Å². The van der Waals surface area contributed by atoms with Crippen molar-refractivity contribution in [1.82, 2.24) is 18.4 Å². The highest BCUT2D eigenvalue weighted by molar-refractivity contribution is 7.87. The lowest BCUT2D eigenvalue weighted by atomic mass is 10.0. The molecule has 2 fully saturated rings. The predicted molar refractivity (Wildman–Crippen MR) is 145 cm³/mol. The number of ether oxygens (including phenoxy) is 2. The third-order valence-corrected chi connectivity index (χ3v) is 9.00. The second-order valence-electron chi connectivity index (χ2n) is 9.89. The molecule has 10 nitrogen and oxygen atoms in total. The Morgan fingerprint density at radius 2 is 1.95 bits per heavy atom. The zero-order chi connectivity index (χ0) is 28.4. The van der Waals surface area contributed by atoms with Crippen molar-refractivity contribution in [2.24, 2.45) is 0 Å². The van der Waals surface area contributed by atoms with Crippen molar-refractivity contribution in [2.75, 3.05) is 37.7 Å². The average Bonchev–Trinajstić information content (AvgIpc) is 3.53. The van der Waals surface area contributed by atoms with Crippen LogP contribution in [0.2, 0.25) is 0 Å². The van der Waals surface area contributed by atoms with Crippen LogP contribution >= 0.6 is 0 Å². The Kier molecular flexibility index (Phi) is 8.24. The van der Waals surface area contributed by atoms with E-state index in [1.54, 1.807) is 38.2 Å². The third kappa shape index (κ3) is 5.77. The van der Waals surface area contributed by atoms with Gasteiger partial charge in [0.1, 0.15) is 35.2 Å². The molecule has 2 saturated heterocycles. The van der Waals surface area contributed by atoms with Crippen molar-refractivity contribution in [3.8, 4) is 5.75 Å². The number of amides is 1. The van der Waals surface area contributed by atoms with E-state index in [9.17, 15) is 22.0 Å². The third-order valence-electron chi connectivity index (χ3n) is 7.36. The maximum atomic E-state index is 14.9. The van der Waals surface area contributed by atoms with E-state index in [4.69, 9.17) is 9.47 Å². The monoisotopic (exact) mass is 577 g/mol. The van der Waals surface area contributed by atoms with Gasteiger partial charge in [-0.1, -0.05) is 13.8 Å². The highest BCUT2D eigenvalue weighted by Crippen LogP contribution is 2.42. The number of benzene rings is 1. The molecule has 2 aliphatic heterocycles. The molecule has 2 aromatic heterocycles. The fraction of sp³-hybridized carbons (Fsp3) is 0.481. The first-order valence-corrected chi connectivity index (χ1v) is 14.9. The molecule has 0 saturated carbocycles. The first-order valence-electron chi connectivity index (χ1n) is 13.4. The summed E-state index contributed by atoms with van der Waals surface area (Å²) in [5.41, 5.74) is 1.53. The maximum absolute atomic E-state index is 14.9. The molecule has 13 heteroatoms. The average molecular weight is 578 g/mol. The molecule has 1 amide bonds. The molecule has 0 aliphatic carbocycles. The van der Waals surface area contributed by atoms with Crippen LogP contribution in [0, 0.1) is 5.82 Å². The Hall–Kier alpha value is -3.29. The van der Waals surface area contributed by atoms with Crippen LogP contribution < -0.4 is 14.4 Å². The fourth-order valence-corrected chi connectivity index (χ4v) is 6.48. The van der Waals surface area contributed by atoms with Gasteiger partial charge in [0.15, 0.2) is 0 Å². The van der Waals surface area contributed by atoms with Crippen molar-refractivity contribution in [3.63, 3.8) is 0 Å². The SMILES string of the molecule is CCN(CC)S(=O)(=O)NC(=O)c1cnc2ccc(N3C[C@@H](F)C[C@@H]3c3cc(F)ccc3OC3CCOCC3)cn12. The quantitative estimate of drug-likeness (QED) is 0.414. The molecule has 5 rings (SSSR count). The van der Waals surface area contributed by atoms with Crippen LogP contribution in [0.15, 0.2) is 42.7 Å². The van der Waals surface area contributed by atoms with E-state index in [1.165, 1.54) is 22.7 Å². The molecular formula is C27H33F2N5O5S. The van der Waals surface area contributed by atoms with Crippen LogP contribution in [0.25, 0.3) is 5.65 Å². The highest BCUT2D eigenvalue weighted by Gasteiger charge is 2.36. The van der Waals surface area contributed by atoms with Gasteiger partial charge in [-0.3, -0.25) is 9.20 Å². The van der Waals surface area contributed by atoms with Crippen molar-refractivity contribution in [2.45, 2.75) is 51.4 Å². The zero-order valence-corrected chi connectivity index (χ0v) is 23.2. The van der Waals surface area contributed by atoms with Crippen LogP contribution in [0.1, 0.15) is 55.2 Å². The summed E-state index contributed by atoms with van der Waals surface area (Å²) in [6, 6.07) is 7.19. The van der Waals surface area contributed by atoms with Gasteiger partial charge < -0.3 is 14.4 Å². The number of anilines is 1. The molecular weight excluding hydrogens is 544 g/mol. The van der Waals surface area contributed by atoms with E-state index in [-0.39, 0.29) is 37.9 Å². The number of hydrogen-bond acceptors (Lipinski definition) is 7. The number of nitrogens with one attached hydrogen (secondary N) is 1. The van der Waals surface area contributed by atoms with Crippen molar-refractivity contribution in [3.05, 3.63) is 59.8 Å². The van der Waals surface area contributed by atoms with Gasteiger partial charge in [-0.05, 0) is 30.3 Å². The Balaban J connectivity index is 1.46. The maximum Gasteiger partial charge on any atom is 0.304 e. The molecule has 216 valence electrons. The van der Waals surface area contributed by atoms with E-state index in [1.807, 2.05) is 4.90 Å². The normalized spacial score (nSPS) is 20.4. The number of fused-ring (bicyclic) bond motifs is 1. The number of halogens is 2. The standard InChI is InChI=1S/C27H33F2N5O5S/c1-3-32(4-2)40(36,37)31-27(35)24-15-30-26-8-6-20(17-34(24)26)33-16-19(29)14-23(33)22-13-18(28)5-7-25(22)39-21-9-11-38-12-10-21/h5-8,13,15,17,19,21,23H,3-4,9-12,14,16H2,1-2H3,(H,31,35)/t19-,23+/m0/s1. The Morgan fingerprint density at radius 3 is 2.67 bits per heavy atom. The molecule has 40 heavy (non-hydrogen) atoms. The van der Waals surface area contributed by atoms with Gasteiger partial charge in [0.25, 0.3) is 5.91 Å². The van der Waals surface area contributed by atoms with Gasteiger partial charge in [-0.2, -0.15) is 12.7 Å². The van der Waals surface area contributed by atoms with Gasteiger partial charge in [-0.25, -0.2) is 18.5 Å². The van der Waals surface area contributed by atoms with E-state index in [0.717, 1.165) is 4.31 Å². The summed E-state index contributed by atoms with van der Waals surface area (Å²) in [6.07, 6.45) is 3.20. The number of imidazole rings is 1. The largest absolute Gasteiger partial charge is 0.490 e. The van der Waals surface area contributed by atoms with Gasteiger partial charge >= 0.3 is 10.2 Å². The van der Waals surface area contributed by atoms with Crippen LogP contribution in [0.5, 0.6) is 5.75 Å². The molecule has 2 aliphatic rings. The van der Waals surface area contributed by atoms with Crippen LogP contribution in [0.3, 0.4) is 0 Å². The van der Waals surface area contributed by atoms with E-state index >= 15 is 0 Å². The number of alkyl halides is 1. The molecule has 0 spiro atoms. The van der Waals surface area contributed by atoms with Gasteiger partial charge in [-0.15, -0.1) is 0 Å². The number of aromatic nitrogens is 2. The van der Waals surface area contributed by atoms with Gasteiger partial charge in [0.05, 0.1) is 31.1 Å². The fourth-order valence-electron chi connectivity index (χ4n) is 5.33. The first-order chi connectivity index (χ1) is 19.2. The van der Waals surface area contributed by atoms with Crippen molar-refractivity contribution in [1.29, 1.82) is 0 Å². The summed E-state index contributed by atoms with van der Waals surface area (Å²) in [4.78, 5) is 19.0. The summed E-state index contributed by atoms with van der Waals surface area (Å²) in [5, 5.41) is 0. The number of pyridine rings is 1. The smallest absolute Gasteiger partial charge is 0.304 e. The number of hydrogen-bond donors (Lipinski definition) is 1. The van der Waals surface area contributed by atoms with Crippen LogP contribution in [-0.2, 0) is 14.9 Å². The summed E-state index contributed by atoms with van der Waals surface area (Å²) < 4.78 is 71.0. The van der Waals surface area contributed by atoms with Crippen molar-refractivity contribution >= 4 is 27.5 Å². The second-order valence-corrected chi connectivity index (χ2v) is 11.6. The van der Waals surface area contributed by atoms with Crippen LogP contribution in [-0.4, -0.2) is 73.1 Å². The molecule has 0 radical (unpaired) electrons. The summed E-state index contributed by atoms with van der Waals surface area (Å²) in [5.74, 6) is -0.784. The molecule has 2 atom stereocenters. The van der Waals surface area contributed by atoms with E-state index in [2.05, 4.69) is 9.71 Å². The number of carbonyl (C=O) groups is 1. The minimum atomic E-state index is -4.04. The minimum Gasteiger partial charge on any atom is -0.490 e. The first kappa shape index (κ1) is 28.2. The molecule has 1 aromatic carbocycles. The zero-order valence-electron chi connectivity index (χ0n) is 22.4. The number of carbonyl (C=O) groups excluding carboxylic acids is 1. The summed E-state index contributed by atoms with van der Waals surface area (Å²) >= 11 is 0. The molecule has 4 heterocycles. The Labute approximate surface area is 232 Å². The van der Waals surface area contributed by atoms with Gasteiger partial charge in [0.2, 0.25) is 0 Å². The molecule has 0 bridgehead atoms. The molecule has 0 unspecified atom stereocenters. The van der Waals surface area contributed by atoms with E-state index in [0.29, 0.717) is 48.7 Å². The van der Waals surface area contributed by atoms with Crippen molar-refractivity contribution < 1.29 is 31.5 Å². The minimum absolute atomic E-state index is 0.00872. The number of nitrogens with zero attached hydrogens (tertiary/aromatic N) is 4. The Morgan fingerprint density at radius 1 is 1.20 bits per heavy atom. The lowest BCUT2D eigenvalue weighted by molar-refractivity contribution is 0.0250. The summed E-state index contributed by atoms with van der Waals surface area (Å²) in [6.45, 7) is 4.99. The molecule has 1 N–H and O–H groups in total. The lowest BCUT2D eigenvalue weighted by Gasteiger charge is -2.30. The Bertz CT molecular complexity index is 1470.